The Balaban J connectivity index is 1.77. The van der Waals surface area contributed by atoms with E-state index in [0.717, 1.165) is 6.42 Å². The SMILES string of the molecule is C=C(C)CC1=CCOC1COCc1ccccc1. The minimum Gasteiger partial charge on any atom is -0.374 e. The molecule has 0 bridgehead atoms. The average Bonchev–Trinajstić information content (AvgIpc) is 2.77. The van der Waals surface area contributed by atoms with Crippen molar-refractivity contribution in [1.29, 1.82) is 0 Å². The molecule has 0 amide bonds. The largest absolute Gasteiger partial charge is 0.374 e. The Morgan fingerprint density at radius 1 is 1.39 bits per heavy atom. The van der Waals surface area contributed by atoms with Crippen molar-refractivity contribution in [2.75, 3.05) is 13.2 Å². The number of ether oxygens (including phenoxy) is 2. The van der Waals surface area contributed by atoms with Crippen LogP contribution in [-0.4, -0.2) is 19.3 Å². The Bertz CT molecular complexity index is 420. The van der Waals surface area contributed by atoms with Gasteiger partial charge >= 0.3 is 0 Å². The number of hydrogen-bond acceptors (Lipinski definition) is 2. The standard InChI is InChI=1S/C16H20O2/c1-13(2)10-15-8-9-18-16(15)12-17-11-14-6-4-3-5-7-14/h3-8,16H,1,9-12H2,2H3. The molecule has 1 unspecified atom stereocenters. The van der Waals surface area contributed by atoms with E-state index in [-0.39, 0.29) is 6.10 Å². The molecule has 96 valence electrons. The summed E-state index contributed by atoms with van der Waals surface area (Å²) in [5.41, 5.74) is 3.66. The smallest absolute Gasteiger partial charge is 0.103 e. The molecular weight excluding hydrogens is 224 g/mol. The van der Waals surface area contributed by atoms with Crippen LogP contribution in [0.2, 0.25) is 0 Å². The molecule has 0 saturated carbocycles. The zero-order valence-electron chi connectivity index (χ0n) is 10.9. The summed E-state index contributed by atoms with van der Waals surface area (Å²) in [6, 6.07) is 10.2. The van der Waals surface area contributed by atoms with E-state index < -0.39 is 0 Å². The van der Waals surface area contributed by atoms with E-state index in [1.54, 1.807) is 0 Å². The van der Waals surface area contributed by atoms with Crippen molar-refractivity contribution < 1.29 is 9.47 Å². The summed E-state index contributed by atoms with van der Waals surface area (Å²) in [6.45, 7) is 7.94. The average molecular weight is 244 g/mol. The molecule has 0 fully saturated rings. The van der Waals surface area contributed by atoms with Gasteiger partial charge in [0, 0.05) is 0 Å². The third kappa shape index (κ3) is 3.83. The summed E-state index contributed by atoms with van der Waals surface area (Å²) in [6.07, 6.45) is 3.16. The van der Waals surface area contributed by atoms with Crippen molar-refractivity contribution in [3.05, 3.63) is 59.7 Å². The second-order valence-corrected chi connectivity index (χ2v) is 4.74. The number of rotatable bonds is 6. The zero-order valence-corrected chi connectivity index (χ0v) is 10.9. The summed E-state index contributed by atoms with van der Waals surface area (Å²) in [5, 5.41) is 0. The second kappa shape index (κ2) is 6.53. The van der Waals surface area contributed by atoms with Gasteiger partial charge in [0.2, 0.25) is 0 Å². The molecule has 0 saturated heterocycles. The van der Waals surface area contributed by atoms with Gasteiger partial charge in [-0.25, -0.2) is 0 Å². The number of allylic oxidation sites excluding steroid dienone is 1. The van der Waals surface area contributed by atoms with Gasteiger partial charge in [-0.1, -0.05) is 48.6 Å². The summed E-state index contributed by atoms with van der Waals surface area (Å²) in [4.78, 5) is 0. The van der Waals surface area contributed by atoms with Crippen molar-refractivity contribution >= 4 is 0 Å². The van der Waals surface area contributed by atoms with Crippen LogP contribution in [0.4, 0.5) is 0 Å². The topological polar surface area (TPSA) is 18.5 Å². The van der Waals surface area contributed by atoms with Crippen molar-refractivity contribution in [2.24, 2.45) is 0 Å². The summed E-state index contributed by atoms with van der Waals surface area (Å²) in [5.74, 6) is 0. The summed E-state index contributed by atoms with van der Waals surface area (Å²) in [7, 11) is 0. The lowest BCUT2D eigenvalue weighted by Crippen LogP contribution is -2.18. The van der Waals surface area contributed by atoms with Crippen LogP contribution in [0.25, 0.3) is 0 Å². The maximum Gasteiger partial charge on any atom is 0.103 e. The molecule has 1 aliphatic heterocycles. The van der Waals surface area contributed by atoms with Crippen molar-refractivity contribution in [3.63, 3.8) is 0 Å². The maximum absolute atomic E-state index is 5.72. The van der Waals surface area contributed by atoms with E-state index in [1.165, 1.54) is 16.7 Å². The van der Waals surface area contributed by atoms with E-state index in [9.17, 15) is 0 Å². The highest BCUT2D eigenvalue weighted by molar-refractivity contribution is 5.19. The normalized spacial score (nSPS) is 18.7. The molecule has 1 aromatic rings. The van der Waals surface area contributed by atoms with Crippen molar-refractivity contribution in [1.82, 2.24) is 0 Å². The third-order valence-corrected chi connectivity index (χ3v) is 2.94. The highest BCUT2D eigenvalue weighted by Gasteiger charge is 2.19. The molecular formula is C16H20O2. The first-order valence-corrected chi connectivity index (χ1v) is 6.32. The Morgan fingerprint density at radius 2 is 2.17 bits per heavy atom. The zero-order chi connectivity index (χ0) is 12.8. The van der Waals surface area contributed by atoms with E-state index in [1.807, 2.05) is 25.1 Å². The Morgan fingerprint density at radius 3 is 2.89 bits per heavy atom. The van der Waals surface area contributed by atoms with Gasteiger partial charge in [0.15, 0.2) is 0 Å². The molecule has 1 atom stereocenters. The molecule has 0 aromatic heterocycles. The molecule has 18 heavy (non-hydrogen) atoms. The molecule has 0 radical (unpaired) electrons. The molecule has 2 nitrogen and oxygen atoms in total. The molecule has 2 rings (SSSR count). The lowest BCUT2D eigenvalue weighted by atomic mass is 10.0. The third-order valence-electron chi connectivity index (χ3n) is 2.94. The minimum atomic E-state index is 0.102. The molecule has 2 heteroatoms. The molecule has 1 aliphatic rings. The highest BCUT2D eigenvalue weighted by atomic mass is 16.5. The Kier molecular flexibility index (Phi) is 4.73. The summed E-state index contributed by atoms with van der Waals surface area (Å²) < 4.78 is 11.4. The molecule has 0 aliphatic carbocycles. The van der Waals surface area contributed by atoms with Gasteiger partial charge in [0.25, 0.3) is 0 Å². The molecule has 0 N–H and O–H groups in total. The van der Waals surface area contributed by atoms with Crippen molar-refractivity contribution in [3.8, 4) is 0 Å². The lowest BCUT2D eigenvalue weighted by molar-refractivity contribution is 0.0177. The number of benzene rings is 1. The van der Waals surface area contributed by atoms with E-state index in [2.05, 4.69) is 24.8 Å². The van der Waals surface area contributed by atoms with Crippen molar-refractivity contribution in [2.45, 2.75) is 26.1 Å². The van der Waals surface area contributed by atoms with Gasteiger partial charge in [-0.05, 0) is 24.5 Å². The van der Waals surface area contributed by atoms with Gasteiger partial charge in [0.05, 0.1) is 19.8 Å². The number of hydrogen-bond donors (Lipinski definition) is 0. The Labute approximate surface area is 109 Å². The first-order valence-electron chi connectivity index (χ1n) is 6.32. The quantitative estimate of drug-likeness (QED) is 0.713. The molecule has 1 heterocycles. The Hall–Kier alpha value is -1.38. The van der Waals surface area contributed by atoms with Crippen LogP contribution < -0.4 is 0 Å². The minimum absolute atomic E-state index is 0.102. The maximum atomic E-state index is 5.72. The lowest BCUT2D eigenvalue weighted by Gasteiger charge is -2.15. The fraction of sp³-hybridized carbons (Fsp3) is 0.375. The van der Waals surface area contributed by atoms with E-state index in [4.69, 9.17) is 9.47 Å². The van der Waals surface area contributed by atoms with Gasteiger partial charge in [0.1, 0.15) is 6.10 Å². The summed E-state index contributed by atoms with van der Waals surface area (Å²) >= 11 is 0. The van der Waals surface area contributed by atoms with Crippen LogP contribution in [0.3, 0.4) is 0 Å². The van der Waals surface area contributed by atoms with Gasteiger partial charge in [-0.2, -0.15) is 0 Å². The van der Waals surface area contributed by atoms with Crippen LogP contribution in [-0.2, 0) is 16.1 Å². The van der Waals surface area contributed by atoms with Crippen LogP contribution in [0.1, 0.15) is 18.9 Å². The first-order chi connectivity index (χ1) is 8.75. The highest BCUT2D eigenvalue weighted by Crippen LogP contribution is 2.21. The van der Waals surface area contributed by atoms with Crippen LogP contribution in [0.5, 0.6) is 0 Å². The fourth-order valence-corrected chi connectivity index (χ4v) is 2.06. The fourth-order valence-electron chi connectivity index (χ4n) is 2.06. The molecule has 1 aromatic carbocycles. The van der Waals surface area contributed by atoms with Gasteiger partial charge in [-0.15, -0.1) is 0 Å². The first kappa shape index (κ1) is 13.1. The van der Waals surface area contributed by atoms with Crippen LogP contribution in [0.15, 0.2) is 54.1 Å². The molecule has 0 spiro atoms. The van der Waals surface area contributed by atoms with Gasteiger partial charge in [-0.3, -0.25) is 0 Å². The monoisotopic (exact) mass is 244 g/mol. The van der Waals surface area contributed by atoms with Gasteiger partial charge < -0.3 is 9.47 Å². The van der Waals surface area contributed by atoms with E-state index >= 15 is 0 Å². The predicted octanol–water partition coefficient (Wildman–Crippen LogP) is 3.49. The van der Waals surface area contributed by atoms with Crippen LogP contribution >= 0.6 is 0 Å². The van der Waals surface area contributed by atoms with Crippen LogP contribution in [0, 0.1) is 0 Å². The second-order valence-electron chi connectivity index (χ2n) is 4.74. The predicted molar refractivity (Wildman–Crippen MR) is 73.4 cm³/mol. The van der Waals surface area contributed by atoms with E-state index in [0.29, 0.717) is 19.8 Å².